The molecule has 0 heterocycles. The molecule has 0 aliphatic heterocycles. The number of carboxylic acid groups (broad SMARTS) is 4. The monoisotopic (exact) mass is 588 g/mol. The molecule has 0 aromatic carbocycles. The topological polar surface area (TPSA) is 241 Å². The number of carbonyl (C=O) groups excluding carboxylic acids is 4. The van der Waals surface area contributed by atoms with Crippen LogP contribution in [-0.4, -0.2) is 68.7 Å². The van der Waals surface area contributed by atoms with Gasteiger partial charge in [-0.3, -0.25) is 0 Å². The first kappa shape index (κ1) is 35.2. The van der Waals surface area contributed by atoms with Crippen molar-refractivity contribution in [3.8, 4) is 0 Å². The van der Waals surface area contributed by atoms with Crippen molar-refractivity contribution < 1.29 is 100.0 Å². The van der Waals surface area contributed by atoms with Crippen LogP contribution in [0.15, 0.2) is 0 Å². The molecule has 13 heteroatoms. The Morgan fingerprint density at radius 3 is 0.560 bits per heavy atom. The molecule has 12 nitrogen and oxygen atoms in total. The van der Waals surface area contributed by atoms with Gasteiger partial charge in [-0.15, -0.1) is 0 Å². The molecule has 0 bridgehead atoms. The third-order valence-electron chi connectivity index (χ3n) is 1.36. The van der Waals surface area contributed by atoms with Gasteiger partial charge in [-0.25, -0.2) is 0 Å². The largest absolute Gasteiger partial charge is 4.00 e. The first-order valence-corrected chi connectivity index (χ1v) is 6.13. The molecule has 0 saturated heterocycles. The first-order valence-electron chi connectivity index (χ1n) is 6.13. The molecule has 0 saturated carbocycles. The Morgan fingerprint density at radius 2 is 0.560 bits per heavy atom. The van der Waals surface area contributed by atoms with Crippen molar-refractivity contribution in [2.75, 3.05) is 0 Å². The van der Waals surface area contributed by atoms with E-state index in [1.54, 1.807) is 0 Å². The summed E-state index contributed by atoms with van der Waals surface area (Å²) in [7, 11) is 0. The molecule has 0 amide bonds. The Bertz CT molecular complexity index is 306. The zero-order chi connectivity index (χ0) is 20.6. The Kier molecular flexibility index (Phi) is 29.7. The fourth-order valence-electron chi connectivity index (χ4n) is 0. The summed E-state index contributed by atoms with van der Waals surface area (Å²) in [5.41, 5.74) is 0. The van der Waals surface area contributed by atoms with Crippen LogP contribution in [0.4, 0.5) is 0 Å². The van der Waals surface area contributed by atoms with Crippen LogP contribution in [0.25, 0.3) is 0 Å². The maximum atomic E-state index is 9.34. The minimum Gasteiger partial charge on any atom is -0.547 e. The van der Waals surface area contributed by atoms with Crippen molar-refractivity contribution in [2.45, 2.75) is 52.1 Å². The molecule has 144 valence electrons. The van der Waals surface area contributed by atoms with Gasteiger partial charge in [-0.1, -0.05) is 0 Å². The Hall–Kier alpha value is -0.955. The van der Waals surface area contributed by atoms with Crippen LogP contribution in [-0.2, 0) is 19.2 Å². The predicted molar refractivity (Wildman–Crippen MR) is 66.8 cm³/mol. The first-order chi connectivity index (χ1) is 10.6. The molecule has 4 atom stereocenters. The van der Waals surface area contributed by atoms with Gasteiger partial charge in [0.1, 0.15) is 0 Å². The van der Waals surface area contributed by atoms with Crippen LogP contribution >= 0.6 is 0 Å². The number of carboxylic acids is 4. The van der Waals surface area contributed by atoms with E-state index in [2.05, 4.69) is 0 Å². The average molecular weight is 588 g/mol. The predicted octanol–water partition coefficient (Wildman–Crippen LogP) is -7.53. The normalized spacial score (nSPS) is 13.1. The summed E-state index contributed by atoms with van der Waals surface area (Å²) < 4.78 is 0. The van der Waals surface area contributed by atoms with Crippen LogP contribution in [0, 0.1) is 39.9 Å². The molecular formula is C12H20O12Th. The summed E-state index contributed by atoms with van der Waals surface area (Å²) in [4.78, 5) is 37.4. The quantitative estimate of drug-likeness (QED) is 0.239. The molecule has 4 N–H and O–H groups in total. The van der Waals surface area contributed by atoms with E-state index < -0.39 is 48.3 Å². The van der Waals surface area contributed by atoms with Crippen LogP contribution in [0.5, 0.6) is 0 Å². The van der Waals surface area contributed by atoms with Crippen LogP contribution in [0.1, 0.15) is 27.7 Å². The number of rotatable bonds is 4. The molecule has 0 spiro atoms. The number of aliphatic hydroxyl groups excluding tert-OH is 4. The molecule has 0 aromatic rings. The van der Waals surface area contributed by atoms with Crippen molar-refractivity contribution in [3.05, 3.63) is 0 Å². The van der Waals surface area contributed by atoms with Gasteiger partial charge in [0.05, 0.1) is 48.3 Å². The van der Waals surface area contributed by atoms with E-state index in [9.17, 15) is 39.6 Å². The van der Waals surface area contributed by atoms with Gasteiger partial charge in [-0.2, -0.15) is 0 Å². The van der Waals surface area contributed by atoms with Crippen LogP contribution in [0.3, 0.4) is 0 Å². The molecular weight excluding hydrogens is 568 g/mol. The average Bonchev–Trinajstić information content (AvgIpc) is 2.40. The van der Waals surface area contributed by atoms with Crippen molar-refractivity contribution in [1.82, 2.24) is 0 Å². The summed E-state index contributed by atoms with van der Waals surface area (Å²) in [6.45, 7) is 4.54. The Labute approximate surface area is 175 Å². The summed E-state index contributed by atoms with van der Waals surface area (Å²) in [6, 6.07) is 0. The molecule has 0 aliphatic rings. The van der Waals surface area contributed by atoms with Gasteiger partial charge >= 0.3 is 39.9 Å². The molecule has 0 aromatic heterocycles. The number of aliphatic carboxylic acids is 4. The van der Waals surface area contributed by atoms with Gasteiger partial charge in [-0.05, 0) is 27.7 Å². The van der Waals surface area contributed by atoms with Gasteiger partial charge < -0.3 is 60.0 Å². The van der Waals surface area contributed by atoms with E-state index in [0.717, 1.165) is 27.7 Å². The maximum absolute atomic E-state index is 9.34. The number of hydrogen-bond donors (Lipinski definition) is 4. The second kappa shape index (κ2) is 21.1. The summed E-state index contributed by atoms with van der Waals surface area (Å²) in [5.74, 6) is -5.74. The zero-order valence-electron chi connectivity index (χ0n) is 13.9. The second-order valence-electron chi connectivity index (χ2n) is 3.98. The summed E-state index contributed by atoms with van der Waals surface area (Å²) in [6.07, 6.45) is -5.37. The summed E-state index contributed by atoms with van der Waals surface area (Å²) >= 11 is 0. The summed E-state index contributed by atoms with van der Waals surface area (Å²) in [5, 5.41) is 69.2. The number of hydrogen-bond acceptors (Lipinski definition) is 12. The molecule has 0 aliphatic carbocycles. The third kappa shape index (κ3) is 45.1. The Morgan fingerprint density at radius 1 is 0.520 bits per heavy atom. The molecule has 0 rings (SSSR count). The third-order valence-corrected chi connectivity index (χ3v) is 1.36. The fraction of sp³-hybridized carbons (Fsp3) is 0.667. The van der Waals surface area contributed by atoms with Crippen molar-refractivity contribution >= 4 is 23.9 Å². The van der Waals surface area contributed by atoms with E-state index >= 15 is 0 Å². The van der Waals surface area contributed by atoms with E-state index in [0.29, 0.717) is 0 Å². The zero-order valence-corrected chi connectivity index (χ0v) is 18.0. The van der Waals surface area contributed by atoms with Crippen molar-refractivity contribution in [2.24, 2.45) is 0 Å². The van der Waals surface area contributed by atoms with Gasteiger partial charge in [0.25, 0.3) is 0 Å². The smallest absolute Gasteiger partial charge is 0.547 e. The van der Waals surface area contributed by atoms with E-state index in [1.807, 2.05) is 0 Å². The molecule has 25 heavy (non-hydrogen) atoms. The minimum absolute atomic E-state index is 0. The number of aliphatic hydroxyl groups is 4. The second-order valence-corrected chi connectivity index (χ2v) is 3.98. The van der Waals surface area contributed by atoms with E-state index in [-0.39, 0.29) is 39.9 Å². The van der Waals surface area contributed by atoms with Crippen LogP contribution < -0.4 is 20.4 Å². The van der Waals surface area contributed by atoms with Gasteiger partial charge in [0.2, 0.25) is 0 Å². The van der Waals surface area contributed by atoms with Crippen LogP contribution in [0.2, 0.25) is 0 Å². The number of carbonyl (C=O) groups is 4. The van der Waals surface area contributed by atoms with Gasteiger partial charge in [0.15, 0.2) is 0 Å². The molecule has 4 unspecified atom stereocenters. The molecule has 0 fully saturated rings. The standard InChI is InChI=1S/4C3H6O3.Th/c4*1-2(4)3(5)6;/h4*2,4H,1H3,(H,5,6);/q;;;;+4/p-4. The van der Waals surface area contributed by atoms with Crippen molar-refractivity contribution in [3.63, 3.8) is 0 Å². The Balaban J connectivity index is -0.0000000702. The molecule has 0 radical (unpaired) electrons. The van der Waals surface area contributed by atoms with E-state index in [4.69, 9.17) is 20.4 Å². The van der Waals surface area contributed by atoms with Gasteiger partial charge in [0, 0.05) is 0 Å². The minimum atomic E-state index is -1.44. The van der Waals surface area contributed by atoms with E-state index in [1.165, 1.54) is 0 Å². The van der Waals surface area contributed by atoms with Crippen molar-refractivity contribution in [1.29, 1.82) is 0 Å². The fourth-order valence-corrected chi connectivity index (χ4v) is 0. The maximum Gasteiger partial charge on any atom is 4.00 e. The SMILES string of the molecule is CC(O)C(=O)[O-].CC(O)C(=O)[O-].CC(O)C(=O)[O-].CC(O)C(=O)[O-].[Th+4].